The highest BCUT2D eigenvalue weighted by atomic mass is 16.6. The van der Waals surface area contributed by atoms with E-state index in [2.05, 4.69) is 72.7 Å². The van der Waals surface area contributed by atoms with Crippen molar-refractivity contribution in [2.75, 3.05) is 0 Å². The van der Waals surface area contributed by atoms with E-state index in [0.29, 0.717) is 31.4 Å². The molecule has 0 unspecified atom stereocenters. The molecule has 2 aromatic carbocycles. The molecule has 1 saturated carbocycles. The van der Waals surface area contributed by atoms with Gasteiger partial charge in [0.25, 0.3) is 0 Å². The van der Waals surface area contributed by atoms with Crippen molar-refractivity contribution in [1.82, 2.24) is 0 Å². The van der Waals surface area contributed by atoms with Gasteiger partial charge in [0.2, 0.25) is 0 Å². The second-order valence-corrected chi connectivity index (χ2v) is 14.3. The van der Waals surface area contributed by atoms with Crippen LogP contribution in [0.2, 0.25) is 0 Å². The van der Waals surface area contributed by atoms with E-state index in [1.54, 1.807) is 0 Å². The van der Waals surface area contributed by atoms with E-state index in [-0.39, 0.29) is 34.6 Å². The number of hydrogen-bond donors (Lipinski definition) is 0. The smallest absolute Gasteiger partial charge is 0.314 e. The lowest BCUT2D eigenvalue weighted by molar-refractivity contribution is -0.166. The second-order valence-electron chi connectivity index (χ2n) is 14.3. The summed E-state index contributed by atoms with van der Waals surface area (Å²) in [7, 11) is 0. The zero-order valence-corrected chi connectivity index (χ0v) is 28.5. The van der Waals surface area contributed by atoms with Gasteiger partial charge in [-0.1, -0.05) is 72.7 Å². The molecule has 4 heteroatoms. The Balaban J connectivity index is 1.74. The van der Waals surface area contributed by atoms with Gasteiger partial charge in [0.1, 0.15) is 11.4 Å². The van der Waals surface area contributed by atoms with E-state index in [1.807, 2.05) is 34.6 Å². The van der Waals surface area contributed by atoms with Gasteiger partial charge < -0.3 is 9.47 Å². The van der Waals surface area contributed by atoms with Crippen molar-refractivity contribution in [3.8, 4) is 5.75 Å². The van der Waals surface area contributed by atoms with Gasteiger partial charge in [0, 0.05) is 5.41 Å². The lowest BCUT2D eigenvalue weighted by Gasteiger charge is -2.33. The van der Waals surface area contributed by atoms with Crippen LogP contribution in [0.3, 0.4) is 0 Å². The molecule has 1 aliphatic carbocycles. The van der Waals surface area contributed by atoms with E-state index in [9.17, 15) is 9.59 Å². The highest BCUT2D eigenvalue weighted by Crippen LogP contribution is 2.40. The van der Waals surface area contributed by atoms with Crippen molar-refractivity contribution < 1.29 is 19.1 Å². The number of benzene rings is 2. The Bertz CT molecular complexity index is 1240. The topological polar surface area (TPSA) is 52.6 Å². The molecule has 1 fully saturated rings. The molecule has 0 aliphatic heterocycles. The Morgan fingerprint density at radius 1 is 0.667 bits per heavy atom. The van der Waals surface area contributed by atoms with Crippen molar-refractivity contribution in [3.63, 3.8) is 0 Å². The van der Waals surface area contributed by atoms with Gasteiger partial charge >= 0.3 is 11.9 Å². The van der Waals surface area contributed by atoms with Gasteiger partial charge in [-0.05, 0) is 124 Å². The van der Waals surface area contributed by atoms with Crippen LogP contribution < -0.4 is 4.74 Å². The summed E-state index contributed by atoms with van der Waals surface area (Å²) in [5.41, 5.74) is 8.12. The summed E-state index contributed by atoms with van der Waals surface area (Å²) in [5, 5.41) is 0. The van der Waals surface area contributed by atoms with Crippen molar-refractivity contribution in [1.29, 1.82) is 0 Å². The Hall–Kier alpha value is -2.62. The number of rotatable bonds is 10. The fraction of sp³-hybridized carbons (Fsp3) is 0.632. The van der Waals surface area contributed by atoms with E-state index in [1.165, 1.54) is 27.8 Å². The molecular weight excluding hydrogens is 520 g/mol. The average Bonchev–Trinajstić information content (AvgIpc) is 2.94. The van der Waals surface area contributed by atoms with Crippen molar-refractivity contribution >= 4 is 11.9 Å². The number of carbonyl (C=O) groups is 2. The molecule has 0 heterocycles. The third-order valence-corrected chi connectivity index (χ3v) is 10.4. The van der Waals surface area contributed by atoms with Crippen LogP contribution in [0.15, 0.2) is 24.3 Å². The van der Waals surface area contributed by atoms with Crippen LogP contribution in [0.5, 0.6) is 5.75 Å². The molecule has 42 heavy (non-hydrogen) atoms. The first-order valence-electron chi connectivity index (χ1n) is 16.2. The third-order valence-electron chi connectivity index (χ3n) is 10.4. The molecular formula is C38H56O4. The van der Waals surface area contributed by atoms with E-state index >= 15 is 0 Å². The summed E-state index contributed by atoms with van der Waals surface area (Å²) in [4.78, 5) is 26.0. The van der Waals surface area contributed by atoms with Gasteiger partial charge in [0.15, 0.2) is 0 Å². The van der Waals surface area contributed by atoms with Crippen LogP contribution in [0.1, 0.15) is 139 Å². The maximum absolute atomic E-state index is 13.2. The van der Waals surface area contributed by atoms with Gasteiger partial charge in [0.05, 0.1) is 11.8 Å². The first-order chi connectivity index (χ1) is 19.5. The zero-order chi connectivity index (χ0) is 31.6. The number of aryl methyl sites for hydroxylation is 4. The first kappa shape index (κ1) is 33.9. The largest absolute Gasteiger partial charge is 0.459 e. The standard InChI is InChI=1S/C38H56O4/c1-13-36(8,9)32-24(4)20-30(21-25(32)5)37(10,11)31-22-26(6)33(27(7)23-31)41-34(39)28-16-18-29(19-17-28)35(40)42-38(12,14-2)15-3/h20-23,28-29H,13-19H2,1-12H3. The van der Waals surface area contributed by atoms with Crippen LogP contribution in [0.25, 0.3) is 0 Å². The molecule has 0 N–H and O–H groups in total. The van der Waals surface area contributed by atoms with Gasteiger partial charge in [-0.15, -0.1) is 0 Å². The Labute approximate surface area is 256 Å². The highest BCUT2D eigenvalue weighted by molar-refractivity contribution is 5.77. The maximum Gasteiger partial charge on any atom is 0.314 e. The van der Waals surface area contributed by atoms with Gasteiger partial charge in [-0.2, -0.15) is 0 Å². The number of esters is 2. The van der Waals surface area contributed by atoms with Gasteiger partial charge in [-0.25, -0.2) is 0 Å². The fourth-order valence-electron chi connectivity index (χ4n) is 6.68. The third kappa shape index (κ3) is 7.12. The van der Waals surface area contributed by atoms with Crippen LogP contribution in [0, 0.1) is 39.5 Å². The summed E-state index contributed by atoms with van der Waals surface area (Å²) >= 11 is 0. The molecule has 0 spiro atoms. The lowest BCUT2D eigenvalue weighted by Crippen LogP contribution is -2.35. The Morgan fingerprint density at radius 2 is 1.07 bits per heavy atom. The van der Waals surface area contributed by atoms with Crippen LogP contribution in [-0.2, 0) is 25.2 Å². The van der Waals surface area contributed by atoms with E-state index in [4.69, 9.17) is 9.47 Å². The van der Waals surface area contributed by atoms with E-state index < -0.39 is 5.60 Å². The van der Waals surface area contributed by atoms with E-state index in [0.717, 1.165) is 30.4 Å². The van der Waals surface area contributed by atoms with Crippen molar-refractivity contribution in [2.24, 2.45) is 11.8 Å². The predicted molar refractivity (Wildman–Crippen MR) is 173 cm³/mol. The molecule has 0 radical (unpaired) electrons. The minimum atomic E-state index is -0.407. The number of ether oxygens (including phenoxy) is 2. The van der Waals surface area contributed by atoms with Gasteiger partial charge in [-0.3, -0.25) is 9.59 Å². The molecule has 2 aromatic rings. The summed E-state index contributed by atoms with van der Waals surface area (Å²) < 4.78 is 11.9. The summed E-state index contributed by atoms with van der Waals surface area (Å²) in [6, 6.07) is 9.07. The molecule has 4 nitrogen and oxygen atoms in total. The SMILES string of the molecule is CCC(C)(CC)OC(=O)C1CCC(C(=O)Oc2c(C)cc(C(C)(C)c3cc(C)c(C(C)(C)CC)c(C)c3)cc2C)CC1. The minimum absolute atomic E-state index is 0.119. The molecule has 0 saturated heterocycles. The Kier molecular flexibility index (Phi) is 10.4. The fourth-order valence-corrected chi connectivity index (χ4v) is 6.68. The zero-order valence-electron chi connectivity index (χ0n) is 28.5. The highest BCUT2D eigenvalue weighted by Gasteiger charge is 2.35. The molecule has 1 aliphatic rings. The predicted octanol–water partition coefficient (Wildman–Crippen LogP) is 9.77. The molecule has 0 bridgehead atoms. The summed E-state index contributed by atoms with van der Waals surface area (Å²) in [6.07, 6.45) is 5.34. The van der Waals surface area contributed by atoms with Crippen molar-refractivity contribution in [3.05, 3.63) is 63.2 Å². The summed E-state index contributed by atoms with van der Waals surface area (Å²) in [5.74, 6) is 0.0323. The van der Waals surface area contributed by atoms with Crippen LogP contribution >= 0.6 is 0 Å². The Morgan fingerprint density at radius 3 is 1.48 bits per heavy atom. The van der Waals surface area contributed by atoms with Crippen LogP contribution in [-0.4, -0.2) is 17.5 Å². The second kappa shape index (κ2) is 12.9. The lowest BCUT2D eigenvalue weighted by atomic mass is 9.72. The molecule has 232 valence electrons. The van der Waals surface area contributed by atoms with Crippen LogP contribution in [0.4, 0.5) is 0 Å². The number of hydrogen-bond acceptors (Lipinski definition) is 4. The summed E-state index contributed by atoms with van der Waals surface area (Å²) in [6.45, 7) is 26.1. The quantitative estimate of drug-likeness (QED) is 0.209. The normalized spacial score (nSPS) is 18.1. The minimum Gasteiger partial charge on any atom is -0.459 e. The monoisotopic (exact) mass is 576 g/mol. The molecule has 0 aromatic heterocycles. The molecule has 0 atom stereocenters. The molecule has 3 rings (SSSR count). The number of carbonyl (C=O) groups excluding carboxylic acids is 2. The van der Waals surface area contributed by atoms with Crippen molar-refractivity contribution in [2.45, 2.75) is 144 Å². The first-order valence-corrected chi connectivity index (χ1v) is 16.2. The average molecular weight is 577 g/mol. The molecule has 0 amide bonds. The maximum atomic E-state index is 13.2.